The smallest absolute Gasteiger partial charge is 0.262 e. The Labute approximate surface area is 320 Å². The number of anilines is 2. The predicted molar refractivity (Wildman–Crippen MR) is 210 cm³/mol. The lowest BCUT2D eigenvalue weighted by Crippen LogP contribution is -2.41. The minimum atomic E-state index is -0.583. The zero-order valence-corrected chi connectivity index (χ0v) is 31.0. The lowest BCUT2D eigenvalue weighted by atomic mass is 10.1. The Bertz CT molecular complexity index is 1850. The third kappa shape index (κ3) is 12.6. The third-order valence-electron chi connectivity index (χ3n) is 9.34. The van der Waals surface area contributed by atoms with Crippen molar-refractivity contribution in [2.75, 3.05) is 36.9 Å². The first-order valence-corrected chi connectivity index (χ1v) is 18.8. The van der Waals surface area contributed by atoms with E-state index >= 15 is 0 Å². The van der Waals surface area contributed by atoms with Crippen molar-refractivity contribution in [3.63, 3.8) is 0 Å². The van der Waals surface area contributed by atoms with Crippen molar-refractivity contribution in [2.24, 2.45) is 11.5 Å². The van der Waals surface area contributed by atoms with E-state index in [1.807, 2.05) is 17.0 Å². The summed E-state index contributed by atoms with van der Waals surface area (Å²) in [7, 11) is 0. The van der Waals surface area contributed by atoms with Gasteiger partial charge in [0.05, 0.1) is 11.7 Å². The number of amides is 5. The van der Waals surface area contributed by atoms with Gasteiger partial charge in [-0.25, -0.2) is 0 Å². The lowest BCUT2D eigenvalue weighted by molar-refractivity contribution is -0.122. The van der Waals surface area contributed by atoms with Gasteiger partial charge in [0.25, 0.3) is 23.6 Å². The Kier molecular flexibility index (Phi) is 14.6. The number of fused-ring (bicyclic) bond motifs is 1. The van der Waals surface area contributed by atoms with Gasteiger partial charge < -0.3 is 47.7 Å². The van der Waals surface area contributed by atoms with Gasteiger partial charge in [-0.15, -0.1) is 0 Å². The Morgan fingerprint density at radius 2 is 1.51 bits per heavy atom. The maximum Gasteiger partial charge on any atom is 0.262 e. The van der Waals surface area contributed by atoms with Gasteiger partial charge in [0, 0.05) is 54.6 Å². The molecule has 10 N–H and O–H groups in total. The molecular weight excluding hydrogens is 702 g/mol. The number of carbonyl (C=O) groups excluding carboxylic acids is 5. The highest BCUT2D eigenvalue weighted by Gasteiger charge is 2.33. The normalized spacial score (nSPS) is 13.7. The van der Waals surface area contributed by atoms with Gasteiger partial charge >= 0.3 is 0 Å². The molecule has 1 saturated carbocycles. The van der Waals surface area contributed by atoms with Crippen LogP contribution in [0, 0.1) is 5.41 Å². The van der Waals surface area contributed by atoms with Crippen LogP contribution in [0.3, 0.4) is 0 Å². The van der Waals surface area contributed by atoms with E-state index in [1.165, 1.54) is 0 Å². The Balaban J connectivity index is 0.992. The zero-order valence-electron chi connectivity index (χ0n) is 31.0. The minimum absolute atomic E-state index is 0.0884. The Morgan fingerprint density at radius 3 is 2.24 bits per heavy atom. The molecular formula is C40H51N9O6. The van der Waals surface area contributed by atoms with Crippen LogP contribution in [0.5, 0.6) is 5.75 Å². The molecule has 0 saturated heterocycles. The number of nitrogens with zero attached hydrogens (tertiary/aromatic N) is 1. The largest absolute Gasteiger partial charge is 0.482 e. The van der Waals surface area contributed by atoms with Crippen LogP contribution >= 0.6 is 0 Å². The maximum absolute atomic E-state index is 13.5. The Morgan fingerprint density at radius 1 is 0.818 bits per heavy atom. The van der Waals surface area contributed by atoms with Crippen molar-refractivity contribution in [2.45, 2.75) is 76.4 Å². The Hall–Kier alpha value is -5.96. The summed E-state index contributed by atoms with van der Waals surface area (Å²) < 4.78 is 5.50. The van der Waals surface area contributed by atoms with Crippen LogP contribution in [-0.4, -0.2) is 78.7 Å². The fourth-order valence-electron chi connectivity index (χ4n) is 6.13. The number of nitrogens with two attached hydrogens (primary N) is 2. The molecule has 0 radical (unpaired) electrons. The first kappa shape index (κ1) is 40.2. The van der Waals surface area contributed by atoms with E-state index in [2.05, 4.69) is 26.6 Å². The van der Waals surface area contributed by atoms with Crippen LogP contribution in [0.4, 0.5) is 11.4 Å². The highest BCUT2D eigenvalue weighted by molar-refractivity contribution is 6.05. The molecule has 2 aliphatic rings. The summed E-state index contributed by atoms with van der Waals surface area (Å²) in [5, 5.41) is 21.2. The molecule has 5 amide bonds. The van der Waals surface area contributed by atoms with Crippen molar-refractivity contribution in [1.29, 1.82) is 5.41 Å². The molecule has 0 aromatic heterocycles. The number of unbranched alkanes of at least 4 members (excludes halogenated alkanes) is 4. The molecule has 3 aromatic rings. The summed E-state index contributed by atoms with van der Waals surface area (Å²) in [6.07, 6.45) is 7.53. The SMILES string of the molecule is N=C(N)NCCC[C@H](N)C(=O)NCCCCCCCNC(=O)c1cccc(NC(=O)c2ccc(CN(C(=O)c3ccc4c(c3)OCC(=O)N4)C3CC3)cc2)c1. The van der Waals surface area contributed by atoms with Gasteiger partial charge in [-0.3, -0.25) is 29.4 Å². The number of ether oxygens (including phenoxy) is 1. The van der Waals surface area contributed by atoms with Crippen LogP contribution in [-0.2, 0) is 16.1 Å². The average Bonchev–Trinajstić information content (AvgIpc) is 4.03. The molecule has 15 heteroatoms. The summed E-state index contributed by atoms with van der Waals surface area (Å²) in [5.41, 5.74) is 14.4. The molecule has 55 heavy (non-hydrogen) atoms. The summed E-state index contributed by atoms with van der Waals surface area (Å²) in [5.74, 6) is -0.699. The van der Waals surface area contributed by atoms with Crippen LogP contribution in [0.15, 0.2) is 66.7 Å². The fraction of sp³-hybridized carbons (Fsp3) is 0.400. The molecule has 1 aliphatic heterocycles. The molecule has 1 atom stereocenters. The quantitative estimate of drug-likeness (QED) is 0.0479. The number of nitrogens with one attached hydrogen (secondary N) is 6. The first-order valence-electron chi connectivity index (χ1n) is 18.8. The molecule has 15 nitrogen and oxygen atoms in total. The van der Waals surface area contributed by atoms with Gasteiger partial charge in [-0.1, -0.05) is 37.5 Å². The number of hydrogen-bond acceptors (Lipinski definition) is 8. The molecule has 1 fully saturated rings. The van der Waals surface area contributed by atoms with Crippen LogP contribution in [0.2, 0.25) is 0 Å². The topological polar surface area (TPSA) is 234 Å². The third-order valence-corrected chi connectivity index (χ3v) is 9.34. The highest BCUT2D eigenvalue weighted by atomic mass is 16.5. The second-order valence-corrected chi connectivity index (χ2v) is 13.8. The molecule has 5 rings (SSSR count). The maximum atomic E-state index is 13.5. The predicted octanol–water partition coefficient (Wildman–Crippen LogP) is 3.46. The van der Waals surface area contributed by atoms with Crippen molar-refractivity contribution in [3.8, 4) is 5.75 Å². The van der Waals surface area contributed by atoms with E-state index in [-0.39, 0.29) is 48.1 Å². The van der Waals surface area contributed by atoms with Gasteiger partial charge in [-0.05, 0) is 92.6 Å². The molecule has 3 aromatic carbocycles. The number of guanidine groups is 1. The average molecular weight is 754 g/mol. The van der Waals surface area contributed by atoms with Gasteiger partial charge in [0.1, 0.15) is 5.75 Å². The molecule has 1 aliphatic carbocycles. The van der Waals surface area contributed by atoms with E-state index in [1.54, 1.807) is 54.6 Å². The molecule has 292 valence electrons. The second-order valence-electron chi connectivity index (χ2n) is 13.8. The number of hydrogen-bond donors (Lipinski definition) is 8. The standard InChI is InChI=1S/C40H51N9O6/c41-32(10-7-21-46-40(42)43)38(53)45-20-5-3-1-2-4-19-44-36(51)28-8-6-9-30(22-28)47-37(52)27-13-11-26(12-14-27)24-49(31-16-17-31)39(54)29-15-18-33-34(23-29)55-25-35(50)48-33/h6,8-9,11-15,18,22-23,31-32H,1-5,7,10,16-17,19-21,24-25,41H2,(H,44,51)(H,45,53)(H,47,52)(H,48,50)(H4,42,43,46)/t32-/m0/s1. The van der Waals surface area contributed by atoms with Crippen molar-refractivity contribution in [3.05, 3.63) is 89.0 Å². The van der Waals surface area contributed by atoms with Gasteiger partial charge in [-0.2, -0.15) is 0 Å². The molecule has 0 spiro atoms. The minimum Gasteiger partial charge on any atom is -0.482 e. The van der Waals surface area contributed by atoms with E-state index < -0.39 is 6.04 Å². The highest BCUT2D eigenvalue weighted by Crippen LogP contribution is 2.33. The zero-order chi connectivity index (χ0) is 39.2. The number of rotatable bonds is 20. The number of benzene rings is 3. The van der Waals surface area contributed by atoms with Gasteiger partial charge in [0.15, 0.2) is 12.6 Å². The van der Waals surface area contributed by atoms with E-state index in [9.17, 15) is 24.0 Å². The van der Waals surface area contributed by atoms with Crippen LogP contribution < -0.4 is 42.8 Å². The fourth-order valence-corrected chi connectivity index (χ4v) is 6.13. The summed E-state index contributed by atoms with van der Waals surface area (Å²) in [6, 6.07) is 18.5. The summed E-state index contributed by atoms with van der Waals surface area (Å²) in [6.45, 7) is 1.89. The second kappa shape index (κ2) is 19.9. The van der Waals surface area contributed by atoms with Crippen molar-refractivity contribution < 1.29 is 28.7 Å². The van der Waals surface area contributed by atoms with Crippen LogP contribution in [0.1, 0.15) is 94.4 Å². The number of carbonyl (C=O) groups is 5. The van der Waals surface area contributed by atoms with E-state index in [0.29, 0.717) is 72.8 Å². The monoisotopic (exact) mass is 753 g/mol. The summed E-state index contributed by atoms with van der Waals surface area (Å²) in [4.78, 5) is 65.0. The van der Waals surface area contributed by atoms with Gasteiger partial charge in [0.2, 0.25) is 5.91 Å². The molecule has 0 unspecified atom stereocenters. The lowest BCUT2D eigenvalue weighted by Gasteiger charge is -2.24. The van der Waals surface area contributed by atoms with Crippen molar-refractivity contribution in [1.82, 2.24) is 20.9 Å². The van der Waals surface area contributed by atoms with E-state index in [4.69, 9.17) is 21.6 Å². The molecule has 0 bridgehead atoms. The summed E-state index contributed by atoms with van der Waals surface area (Å²) >= 11 is 0. The van der Waals surface area contributed by atoms with Crippen molar-refractivity contribution >= 4 is 46.9 Å². The molecule has 1 heterocycles. The van der Waals surface area contributed by atoms with E-state index in [0.717, 1.165) is 50.5 Å². The van der Waals surface area contributed by atoms with Crippen LogP contribution in [0.25, 0.3) is 0 Å². The first-order chi connectivity index (χ1) is 26.6.